The van der Waals surface area contributed by atoms with Gasteiger partial charge in [0.05, 0.1) is 0 Å². The van der Waals surface area contributed by atoms with Crippen molar-refractivity contribution in [2.24, 2.45) is 0 Å². The number of nitrogens with zero attached hydrogens (tertiary/aromatic N) is 3. The predicted octanol–water partition coefficient (Wildman–Crippen LogP) is 14.8. The zero-order valence-electron chi connectivity index (χ0n) is 31.5. The van der Waals surface area contributed by atoms with E-state index in [1.54, 1.807) is 0 Å². The van der Waals surface area contributed by atoms with Gasteiger partial charge in [-0.1, -0.05) is 0 Å². The molecule has 9 aromatic carbocycles. The Morgan fingerprint density at radius 1 is 0.310 bits per heavy atom. The van der Waals surface area contributed by atoms with Crippen molar-refractivity contribution >= 4 is 106 Å². The topological polar surface area (TPSA) is 10.9 Å². The molecule has 3 nitrogen and oxygen atoms in total. The second-order valence-corrected chi connectivity index (χ2v) is 17.2. The van der Waals surface area contributed by atoms with Gasteiger partial charge in [0.2, 0.25) is 0 Å². The first kappa shape index (κ1) is 33.1. The molecule has 0 atom stereocenters. The first-order valence-electron chi connectivity index (χ1n) is 19.8. The van der Waals surface area contributed by atoms with Crippen molar-refractivity contribution in [3.63, 3.8) is 0 Å². The molecule has 0 N–H and O–H groups in total. The molecule has 3 heterocycles. The first-order chi connectivity index (χ1) is 28.8. The van der Waals surface area contributed by atoms with Gasteiger partial charge in [0.25, 0.3) is 0 Å². The number of rotatable bonds is 7. The van der Waals surface area contributed by atoms with E-state index in [1.165, 1.54) is 68.5 Å². The molecule has 0 aliphatic carbocycles. The quantitative estimate of drug-likeness (QED) is 0.149. The summed E-state index contributed by atoms with van der Waals surface area (Å²) in [6.45, 7) is 0. The number of anilines is 6. The van der Waals surface area contributed by atoms with Crippen LogP contribution in [0.15, 0.2) is 212 Å². The standard InChI is InChI=1S/C54H35N3Se/c1-5-17-38(18-6-1)55(39-19-7-2-8-20-39)42-31-36(32-43(35-42)56(40-21-9-3-10-22-40)41-23-11-4-12-24-41)37-33-47-46-27-15-26-45-44-25-13-14-28-48(44)57(54(45)46)49-29-16-30-50-53(49)52(47)51(34-37)58-50/h1-35H. The molecule has 0 saturated heterocycles. The second kappa shape index (κ2) is 13.2. The molecular formula is C54H35N3Se. The van der Waals surface area contributed by atoms with Crippen LogP contribution in [0.25, 0.3) is 68.5 Å². The van der Waals surface area contributed by atoms with Crippen molar-refractivity contribution in [3.8, 4) is 11.1 Å². The van der Waals surface area contributed by atoms with E-state index < -0.39 is 0 Å². The minimum atomic E-state index is 0.153. The zero-order valence-corrected chi connectivity index (χ0v) is 33.2. The Bertz CT molecular complexity index is 3260. The molecule has 12 aromatic rings. The SMILES string of the molecule is c1ccc(N(c2ccccc2)c2cc(-c3cc4[se]c5cccc6c5c4c(c3)c3cccc4c5ccccc5n6c34)cc(N(c3ccccc3)c3ccccc3)c2)cc1. The second-order valence-electron chi connectivity index (χ2n) is 15.0. The number of benzene rings is 9. The van der Waals surface area contributed by atoms with Crippen molar-refractivity contribution in [2.75, 3.05) is 9.80 Å². The van der Waals surface area contributed by atoms with Crippen LogP contribution >= 0.6 is 0 Å². The van der Waals surface area contributed by atoms with Crippen molar-refractivity contribution in [3.05, 3.63) is 212 Å². The van der Waals surface area contributed by atoms with Crippen LogP contribution in [-0.4, -0.2) is 18.9 Å². The van der Waals surface area contributed by atoms with E-state index in [-0.39, 0.29) is 14.5 Å². The van der Waals surface area contributed by atoms with Crippen molar-refractivity contribution in [2.45, 2.75) is 0 Å². The molecule has 272 valence electrons. The van der Waals surface area contributed by atoms with Gasteiger partial charge in [0.15, 0.2) is 0 Å². The molecule has 0 aliphatic heterocycles. The number of aromatic nitrogens is 1. The van der Waals surface area contributed by atoms with E-state index in [4.69, 9.17) is 0 Å². The molecule has 0 unspecified atom stereocenters. The molecule has 0 radical (unpaired) electrons. The first-order valence-corrected chi connectivity index (χ1v) is 21.5. The van der Waals surface area contributed by atoms with Gasteiger partial charge in [-0.25, -0.2) is 0 Å². The molecule has 0 bridgehead atoms. The van der Waals surface area contributed by atoms with Gasteiger partial charge in [-0.3, -0.25) is 0 Å². The van der Waals surface area contributed by atoms with Crippen LogP contribution in [0.1, 0.15) is 0 Å². The molecule has 12 rings (SSSR count). The van der Waals surface area contributed by atoms with E-state index in [2.05, 4.69) is 227 Å². The number of hydrogen-bond donors (Lipinski definition) is 0. The van der Waals surface area contributed by atoms with E-state index in [9.17, 15) is 0 Å². The fraction of sp³-hybridized carbons (Fsp3) is 0. The Balaban J connectivity index is 1.20. The van der Waals surface area contributed by atoms with Crippen LogP contribution in [0.2, 0.25) is 0 Å². The van der Waals surface area contributed by atoms with Crippen LogP contribution in [0.5, 0.6) is 0 Å². The maximum atomic E-state index is 2.54. The Kier molecular flexibility index (Phi) is 7.56. The number of fused-ring (bicyclic) bond motifs is 5. The monoisotopic (exact) mass is 805 g/mol. The van der Waals surface area contributed by atoms with Gasteiger partial charge in [-0.05, 0) is 0 Å². The van der Waals surface area contributed by atoms with Gasteiger partial charge in [0, 0.05) is 0 Å². The van der Waals surface area contributed by atoms with Gasteiger partial charge < -0.3 is 0 Å². The average Bonchev–Trinajstić information content (AvgIpc) is 3.80. The van der Waals surface area contributed by atoms with E-state index >= 15 is 0 Å². The van der Waals surface area contributed by atoms with Crippen LogP contribution in [0.4, 0.5) is 34.1 Å². The molecule has 0 amide bonds. The summed E-state index contributed by atoms with van der Waals surface area (Å²) in [7, 11) is 0. The van der Waals surface area contributed by atoms with Crippen molar-refractivity contribution in [1.82, 2.24) is 4.40 Å². The Morgan fingerprint density at radius 3 is 1.36 bits per heavy atom. The zero-order chi connectivity index (χ0) is 38.2. The summed E-state index contributed by atoms with van der Waals surface area (Å²) in [5.41, 5.74) is 12.8. The van der Waals surface area contributed by atoms with E-state index in [1.807, 2.05) is 0 Å². The van der Waals surface area contributed by atoms with Gasteiger partial charge in [-0.2, -0.15) is 0 Å². The summed E-state index contributed by atoms with van der Waals surface area (Å²) in [5, 5.41) is 7.98. The number of para-hydroxylation sites is 6. The summed E-state index contributed by atoms with van der Waals surface area (Å²) in [6, 6.07) is 77.8. The summed E-state index contributed by atoms with van der Waals surface area (Å²) >= 11 is 0.153. The average molecular weight is 805 g/mol. The fourth-order valence-corrected chi connectivity index (χ4v) is 11.7. The van der Waals surface area contributed by atoms with E-state index in [0.29, 0.717) is 0 Å². The van der Waals surface area contributed by atoms with Crippen LogP contribution in [-0.2, 0) is 0 Å². The third kappa shape index (κ3) is 5.13. The van der Waals surface area contributed by atoms with E-state index in [0.717, 1.165) is 34.1 Å². The summed E-state index contributed by atoms with van der Waals surface area (Å²) in [6.07, 6.45) is 0. The molecular weight excluding hydrogens is 770 g/mol. The fourth-order valence-electron chi connectivity index (χ4n) is 9.20. The minimum absolute atomic E-state index is 0.153. The normalized spacial score (nSPS) is 11.8. The van der Waals surface area contributed by atoms with Gasteiger partial charge >= 0.3 is 344 Å². The van der Waals surface area contributed by atoms with Crippen molar-refractivity contribution in [1.29, 1.82) is 0 Å². The predicted molar refractivity (Wildman–Crippen MR) is 248 cm³/mol. The molecule has 4 heteroatoms. The summed E-state index contributed by atoms with van der Waals surface area (Å²) < 4.78 is 5.43. The molecule has 0 aliphatic rings. The van der Waals surface area contributed by atoms with Gasteiger partial charge in [0.1, 0.15) is 0 Å². The van der Waals surface area contributed by atoms with Gasteiger partial charge in [-0.15, -0.1) is 0 Å². The third-order valence-electron chi connectivity index (χ3n) is 11.6. The molecule has 58 heavy (non-hydrogen) atoms. The molecule has 0 spiro atoms. The van der Waals surface area contributed by atoms with Crippen LogP contribution in [0.3, 0.4) is 0 Å². The molecule has 0 fully saturated rings. The Hall–Kier alpha value is -7.10. The van der Waals surface area contributed by atoms with Crippen LogP contribution < -0.4 is 9.80 Å². The van der Waals surface area contributed by atoms with Crippen LogP contribution in [0, 0.1) is 0 Å². The Labute approximate surface area is 341 Å². The Morgan fingerprint density at radius 2 is 0.776 bits per heavy atom. The molecule has 0 saturated carbocycles. The summed E-state index contributed by atoms with van der Waals surface area (Å²) in [5.74, 6) is 0. The maximum absolute atomic E-state index is 2.54. The van der Waals surface area contributed by atoms with Crippen molar-refractivity contribution < 1.29 is 0 Å². The number of hydrogen-bond acceptors (Lipinski definition) is 2. The third-order valence-corrected chi connectivity index (χ3v) is 13.9. The molecule has 3 aromatic heterocycles. The summed E-state index contributed by atoms with van der Waals surface area (Å²) in [4.78, 5) is 4.77.